The standard InChI is InChI=1S/C15H14Cl2N2O3S/c16-10-2-1-9(5-11(10)17)6-19-3-4-22-13(7-19)14-18-12(8-23-14)15(20)21/h1-2,5,8,13H,3-4,6-7H2,(H,20,21). The first kappa shape index (κ1) is 16.7. The minimum absolute atomic E-state index is 0.0650. The van der Waals surface area contributed by atoms with Crippen molar-refractivity contribution < 1.29 is 14.6 Å². The predicted octanol–water partition coefficient (Wildman–Crippen LogP) is 3.72. The Hall–Kier alpha value is -1.18. The average molecular weight is 373 g/mol. The molecule has 0 amide bonds. The second kappa shape index (κ2) is 7.15. The molecule has 0 spiro atoms. The Kier molecular flexibility index (Phi) is 5.18. The Balaban J connectivity index is 1.67. The Morgan fingerprint density at radius 3 is 2.96 bits per heavy atom. The average Bonchev–Trinajstić information content (AvgIpc) is 3.01. The monoisotopic (exact) mass is 372 g/mol. The van der Waals surface area contributed by atoms with Crippen molar-refractivity contribution in [3.8, 4) is 0 Å². The molecule has 1 saturated heterocycles. The first-order valence-electron chi connectivity index (χ1n) is 6.99. The number of nitrogens with zero attached hydrogens (tertiary/aromatic N) is 2. The van der Waals surface area contributed by atoms with E-state index in [0.29, 0.717) is 28.2 Å². The minimum Gasteiger partial charge on any atom is -0.476 e. The fraction of sp³-hybridized carbons (Fsp3) is 0.333. The molecule has 3 rings (SSSR count). The lowest BCUT2D eigenvalue weighted by Crippen LogP contribution is -2.37. The highest BCUT2D eigenvalue weighted by Crippen LogP contribution is 2.27. The molecular formula is C15H14Cl2N2O3S. The predicted molar refractivity (Wildman–Crippen MR) is 89.5 cm³/mol. The van der Waals surface area contributed by atoms with Crippen LogP contribution < -0.4 is 0 Å². The van der Waals surface area contributed by atoms with Gasteiger partial charge >= 0.3 is 5.97 Å². The Morgan fingerprint density at radius 2 is 2.26 bits per heavy atom. The first-order chi connectivity index (χ1) is 11.0. The molecule has 8 heteroatoms. The molecule has 1 aromatic heterocycles. The van der Waals surface area contributed by atoms with Crippen LogP contribution in [0, 0.1) is 0 Å². The van der Waals surface area contributed by atoms with E-state index in [1.807, 2.05) is 12.1 Å². The summed E-state index contributed by atoms with van der Waals surface area (Å²) < 4.78 is 5.73. The quantitative estimate of drug-likeness (QED) is 0.885. The number of benzene rings is 1. The van der Waals surface area contributed by atoms with Crippen molar-refractivity contribution in [2.24, 2.45) is 0 Å². The van der Waals surface area contributed by atoms with Crippen LogP contribution in [0.1, 0.15) is 27.2 Å². The van der Waals surface area contributed by atoms with Gasteiger partial charge in [0.25, 0.3) is 0 Å². The zero-order valence-corrected chi connectivity index (χ0v) is 14.4. The van der Waals surface area contributed by atoms with Crippen LogP contribution in [0.2, 0.25) is 10.0 Å². The summed E-state index contributed by atoms with van der Waals surface area (Å²) in [5, 5.41) is 12.3. The molecule has 0 saturated carbocycles. The lowest BCUT2D eigenvalue weighted by molar-refractivity contribution is -0.0330. The molecular weight excluding hydrogens is 359 g/mol. The molecule has 2 heterocycles. The lowest BCUT2D eigenvalue weighted by atomic mass is 10.2. The van der Waals surface area contributed by atoms with Crippen molar-refractivity contribution in [1.82, 2.24) is 9.88 Å². The van der Waals surface area contributed by atoms with Crippen molar-refractivity contribution >= 4 is 40.5 Å². The third-order valence-electron chi connectivity index (χ3n) is 3.56. The molecule has 1 unspecified atom stereocenters. The highest BCUT2D eigenvalue weighted by Gasteiger charge is 2.25. The van der Waals surface area contributed by atoms with Gasteiger partial charge in [-0.3, -0.25) is 4.90 Å². The van der Waals surface area contributed by atoms with Crippen molar-refractivity contribution in [1.29, 1.82) is 0 Å². The van der Waals surface area contributed by atoms with E-state index in [2.05, 4.69) is 9.88 Å². The number of rotatable bonds is 4. The molecule has 1 aromatic carbocycles. The molecule has 0 radical (unpaired) electrons. The van der Waals surface area contributed by atoms with Crippen molar-refractivity contribution in [3.63, 3.8) is 0 Å². The first-order valence-corrected chi connectivity index (χ1v) is 8.63. The van der Waals surface area contributed by atoms with E-state index in [4.69, 9.17) is 33.0 Å². The zero-order chi connectivity index (χ0) is 16.4. The lowest BCUT2D eigenvalue weighted by Gasteiger charge is -2.32. The third kappa shape index (κ3) is 4.02. The number of hydrogen-bond donors (Lipinski definition) is 1. The fourth-order valence-corrected chi connectivity index (χ4v) is 3.58. The van der Waals surface area contributed by atoms with E-state index in [0.717, 1.165) is 18.7 Å². The Bertz CT molecular complexity index is 722. The SMILES string of the molecule is O=C(O)c1csc(C2CN(Cc3ccc(Cl)c(Cl)c3)CCO2)n1. The fourth-order valence-electron chi connectivity index (χ4n) is 2.43. The van der Waals surface area contributed by atoms with Gasteiger partial charge in [0.15, 0.2) is 5.69 Å². The molecule has 2 aromatic rings. The second-order valence-electron chi connectivity index (χ2n) is 5.22. The molecule has 1 aliphatic rings. The summed E-state index contributed by atoms with van der Waals surface area (Å²) in [5.41, 5.74) is 1.14. The van der Waals surface area contributed by atoms with Crippen molar-refractivity contribution in [2.45, 2.75) is 12.6 Å². The van der Waals surface area contributed by atoms with E-state index < -0.39 is 5.97 Å². The maximum Gasteiger partial charge on any atom is 0.355 e. The number of halogens is 2. The van der Waals surface area contributed by atoms with Gasteiger partial charge in [0.1, 0.15) is 11.1 Å². The number of morpholine rings is 1. The topological polar surface area (TPSA) is 62.7 Å². The van der Waals surface area contributed by atoms with Crippen LogP contribution in [0.3, 0.4) is 0 Å². The van der Waals surface area contributed by atoms with Crippen molar-refractivity contribution in [2.75, 3.05) is 19.7 Å². The number of carboxylic acid groups (broad SMARTS) is 1. The summed E-state index contributed by atoms with van der Waals surface area (Å²) in [4.78, 5) is 17.3. The number of aromatic nitrogens is 1. The van der Waals surface area contributed by atoms with Crippen LogP contribution >= 0.6 is 34.5 Å². The van der Waals surface area contributed by atoms with Crippen LogP contribution in [0.15, 0.2) is 23.6 Å². The molecule has 1 aliphatic heterocycles. The Morgan fingerprint density at radius 1 is 1.43 bits per heavy atom. The molecule has 122 valence electrons. The van der Waals surface area contributed by atoms with E-state index in [1.54, 1.807) is 11.4 Å². The molecule has 0 bridgehead atoms. The number of hydrogen-bond acceptors (Lipinski definition) is 5. The van der Waals surface area contributed by atoms with Crippen LogP contribution in [0.4, 0.5) is 0 Å². The van der Waals surface area contributed by atoms with Gasteiger partial charge in [0.05, 0.1) is 16.7 Å². The van der Waals surface area contributed by atoms with Crippen LogP contribution in [0.5, 0.6) is 0 Å². The van der Waals surface area contributed by atoms with E-state index >= 15 is 0 Å². The van der Waals surface area contributed by atoms with Crippen LogP contribution in [-0.4, -0.2) is 40.7 Å². The van der Waals surface area contributed by atoms with Gasteiger partial charge in [-0.1, -0.05) is 29.3 Å². The van der Waals surface area contributed by atoms with E-state index in [1.165, 1.54) is 11.3 Å². The van der Waals surface area contributed by atoms with Gasteiger partial charge in [0, 0.05) is 25.0 Å². The number of carboxylic acids is 1. The second-order valence-corrected chi connectivity index (χ2v) is 6.92. The minimum atomic E-state index is -1.02. The maximum atomic E-state index is 10.9. The highest BCUT2D eigenvalue weighted by atomic mass is 35.5. The highest BCUT2D eigenvalue weighted by molar-refractivity contribution is 7.09. The van der Waals surface area contributed by atoms with Gasteiger partial charge in [-0.2, -0.15) is 0 Å². The molecule has 0 aliphatic carbocycles. The summed E-state index contributed by atoms with van der Waals surface area (Å²) in [6.45, 7) is 2.77. The summed E-state index contributed by atoms with van der Waals surface area (Å²) in [6, 6.07) is 5.60. The molecule has 1 N–H and O–H groups in total. The molecule has 1 fully saturated rings. The molecule has 23 heavy (non-hydrogen) atoms. The Labute approximate surface area is 147 Å². The van der Waals surface area contributed by atoms with Crippen LogP contribution in [-0.2, 0) is 11.3 Å². The number of aromatic carboxylic acids is 1. The normalized spacial score (nSPS) is 19.0. The summed E-state index contributed by atoms with van der Waals surface area (Å²) in [5.74, 6) is -1.02. The zero-order valence-electron chi connectivity index (χ0n) is 12.0. The smallest absolute Gasteiger partial charge is 0.355 e. The number of ether oxygens (including phenoxy) is 1. The molecule has 1 atom stereocenters. The number of carbonyl (C=O) groups is 1. The van der Waals surface area contributed by atoms with Gasteiger partial charge in [-0.15, -0.1) is 11.3 Å². The van der Waals surface area contributed by atoms with Crippen LogP contribution in [0.25, 0.3) is 0 Å². The van der Waals surface area contributed by atoms with Crippen molar-refractivity contribution in [3.05, 3.63) is 49.9 Å². The maximum absolute atomic E-state index is 10.9. The number of thiazole rings is 1. The third-order valence-corrected chi connectivity index (χ3v) is 5.23. The molecule has 5 nitrogen and oxygen atoms in total. The van der Waals surface area contributed by atoms with Gasteiger partial charge < -0.3 is 9.84 Å². The van der Waals surface area contributed by atoms with Gasteiger partial charge in [0.2, 0.25) is 0 Å². The summed E-state index contributed by atoms with van der Waals surface area (Å²) in [6.07, 6.45) is -0.204. The van der Waals surface area contributed by atoms with Gasteiger partial charge in [-0.05, 0) is 17.7 Å². The van der Waals surface area contributed by atoms with E-state index in [9.17, 15) is 4.79 Å². The largest absolute Gasteiger partial charge is 0.476 e. The summed E-state index contributed by atoms with van der Waals surface area (Å²) >= 11 is 13.3. The summed E-state index contributed by atoms with van der Waals surface area (Å²) in [7, 11) is 0. The van der Waals surface area contributed by atoms with Gasteiger partial charge in [-0.25, -0.2) is 9.78 Å². The van der Waals surface area contributed by atoms with E-state index in [-0.39, 0.29) is 11.8 Å².